The van der Waals surface area contributed by atoms with Crippen molar-refractivity contribution in [3.63, 3.8) is 0 Å². The molecular weight excluding hydrogens is 340 g/mol. The van der Waals surface area contributed by atoms with Gasteiger partial charge in [-0.25, -0.2) is 0 Å². The first-order valence-corrected chi connectivity index (χ1v) is 8.44. The molecule has 2 rings (SSSR count). The van der Waals surface area contributed by atoms with Gasteiger partial charge in [-0.05, 0) is 42.3 Å². The number of hydrogen-bond donors (Lipinski definition) is 2. The molecule has 0 radical (unpaired) electrons. The Balaban J connectivity index is 1.69. The van der Waals surface area contributed by atoms with Crippen molar-refractivity contribution in [1.29, 1.82) is 0 Å². The van der Waals surface area contributed by atoms with Crippen molar-refractivity contribution < 1.29 is 14.3 Å². The first-order valence-electron chi connectivity index (χ1n) is 8.06. The molecule has 6 heteroatoms. The molecule has 0 atom stereocenters. The number of benzene rings is 2. The van der Waals surface area contributed by atoms with Gasteiger partial charge >= 0.3 is 0 Å². The molecule has 0 saturated heterocycles. The predicted molar refractivity (Wildman–Crippen MR) is 97.6 cm³/mol. The molecule has 0 saturated carbocycles. The van der Waals surface area contributed by atoms with Crippen LogP contribution in [0.15, 0.2) is 48.5 Å². The van der Waals surface area contributed by atoms with Crippen molar-refractivity contribution in [3.8, 4) is 5.75 Å². The number of rotatable bonds is 8. The normalized spacial score (nSPS) is 10.2. The minimum absolute atomic E-state index is 0.0521. The molecule has 5 nitrogen and oxygen atoms in total. The molecule has 0 spiro atoms. The van der Waals surface area contributed by atoms with Crippen molar-refractivity contribution >= 4 is 23.4 Å². The van der Waals surface area contributed by atoms with Crippen molar-refractivity contribution in [2.45, 2.75) is 19.9 Å². The van der Waals surface area contributed by atoms with Crippen LogP contribution in [0.4, 0.5) is 0 Å². The van der Waals surface area contributed by atoms with Crippen LogP contribution in [0.3, 0.4) is 0 Å². The molecule has 2 N–H and O–H groups in total. The van der Waals surface area contributed by atoms with Crippen LogP contribution in [-0.2, 0) is 22.6 Å². The molecular formula is C19H21ClN2O3. The number of halogens is 1. The first kappa shape index (κ1) is 18.8. The minimum atomic E-state index is -0.241. The maximum absolute atomic E-state index is 11.9. The lowest BCUT2D eigenvalue weighted by Gasteiger charge is -2.08. The fourth-order valence-electron chi connectivity index (χ4n) is 2.16. The van der Waals surface area contributed by atoms with Crippen LogP contribution in [0.25, 0.3) is 0 Å². The largest absolute Gasteiger partial charge is 0.494 e. The molecule has 0 bridgehead atoms. The smallest absolute Gasteiger partial charge is 0.239 e. The molecule has 0 aliphatic heterocycles. The van der Waals surface area contributed by atoms with Crippen LogP contribution in [-0.4, -0.2) is 25.0 Å². The molecule has 2 amide bonds. The van der Waals surface area contributed by atoms with Crippen LogP contribution in [0.1, 0.15) is 18.1 Å². The number of carbonyl (C=O) groups is 2. The van der Waals surface area contributed by atoms with Crippen molar-refractivity contribution in [3.05, 3.63) is 64.7 Å². The van der Waals surface area contributed by atoms with Gasteiger partial charge in [0, 0.05) is 11.6 Å². The lowest BCUT2D eigenvalue weighted by atomic mass is 10.1. The van der Waals surface area contributed by atoms with Gasteiger partial charge in [0.15, 0.2) is 0 Å². The third-order valence-electron chi connectivity index (χ3n) is 3.45. The minimum Gasteiger partial charge on any atom is -0.494 e. The molecule has 0 aliphatic carbocycles. The second kappa shape index (κ2) is 9.69. The molecule has 132 valence electrons. The molecule has 0 heterocycles. The average Bonchev–Trinajstić information content (AvgIpc) is 2.61. The summed E-state index contributed by atoms with van der Waals surface area (Å²) in [6, 6.07) is 14.5. The van der Waals surface area contributed by atoms with E-state index in [4.69, 9.17) is 16.3 Å². The highest BCUT2D eigenvalue weighted by atomic mass is 35.5. The topological polar surface area (TPSA) is 67.4 Å². The quantitative estimate of drug-likeness (QED) is 0.760. The summed E-state index contributed by atoms with van der Waals surface area (Å²) in [6.07, 6.45) is 0.219. The van der Waals surface area contributed by atoms with E-state index < -0.39 is 0 Å². The van der Waals surface area contributed by atoms with Crippen molar-refractivity contribution in [2.24, 2.45) is 0 Å². The van der Waals surface area contributed by atoms with Crippen LogP contribution in [0, 0.1) is 0 Å². The van der Waals surface area contributed by atoms with Gasteiger partial charge in [-0.15, -0.1) is 0 Å². The summed E-state index contributed by atoms with van der Waals surface area (Å²) in [7, 11) is 0. The SMILES string of the molecule is CCOc1ccc(CC(=O)NCC(=O)NCc2ccc(Cl)cc2)cc1. The highest BCUT2D eigenvalue weighted by molar-refractivity contribution is 6.30. The fourth-order valence-corrected chi connectivity index (χ4v) is 2.29. The van der Waals surface area contributed by atoms with Crippen LogP contribution in [0.5, 0.6) is 5.75 Å². The summed E-state index contributed by atoms with van der Waals surface area (Å²) in [6.45, 7) is 2.86. The third kappa shape index (κ3) is 6.85. The molecule has 0 aromatic heterocycles. The molecule has 25 heavy (non-hydrogen) atoms. The zero-order valence-electron chi connectivity index (χ0n) is 14.0. The lowest BCUT2D eigenvalue weighted by Crippen LogP contribution is -2.37. The number of ether oxygens (including phenoxy) is 1. The third-order valence-corrected chi connectivity index (χ3v) is 3.70. The summed E-state index contributed by atoms with van der Waals surface area (Å²) in [5.74, 6) is 0.328. The monoisotopic (exact) mass is 360 g/mol. The Hall–Kier alpha value is -2.53. The van der Waals surface area contributed by atoms with E-state index in [0.717, 1.165) is 16.9 Å². The van der Waals surface area contributed by atoms with E-state index >= 15 is 0 Å². The van der Waals surface area contributed by atoms with E-state index in [1.54, 1.807) is 12.1 Å². The van der Waals surface area contributed by atoms with E-state index in [9.17, 15) is 9.59 Å². The van der Waals surface area contributed by atoms with E-state index in [1.807, 2.05) is 43.3 Å². The molecule has 2 aromatic rings. The molecule has 0 fully saturated rings. The van der Waals surface area contributed by atoms with Gasteiger partial charge in [0.1, 0.15) is 5.75 Å². The van der Waals surface area contributed by atoms with Crippen LogP contribution < -0.4 is 15.4 Å². The van der Waals surface area contributed by atoms with Gasteiger partial charge in [-0.1, -0.05) is 35.9 Å². The van der Waals surface area contributed by atoms with Gasteiger partial charge < -0.3 is 15.4 Å². The fraction of sp³-hybridized carbons (Fsp3) is 0.263. The Bertz CT molecular complexity index is 700. The standard InChI is InChI=1S/C19H21ClN2O3/c1-2-25-17-9-5-14(6-10-17)11-18(23)22-13-19(24)21-12-15-3-7-16(20)8-4-15/h3-10H,2,11-13H2,1H3,(H,21,24)(H,22,23). The Labute approximate surface area is 152 Å². The van der Waals surface area contributed by atoms with Gasteiger partial charge in [-0.2, -0.15) is 0 Å². The van der Waals surface area contributed by atoms with E-state index in [2.05, 4.69) is 10.6 Å². The Morgan fingerprint density at radius 2 is 1.56 bits per heavy atom. The lowest BCUT2D eigenvalue weighted by molar-refractivity contribution is -0.125. The van der Waals surface area contributed by atoms with Gasteiger partial charge in [0.25, 0.3) is 0 Å². The predicted octanol–water partition coefficient (Wildman–Crippen LogP) is 2.71. The van der Waals surface area contributed by atoms with Crippen molar-refractivity contribution in [1.82, 2.24) is 10.6 Å². The van der Waals surface area contributed by atoms with E-state index in [-0.39, 0.29) is 24.8 Å². The Morgan fingerprint density at radius 3 is 2.20 bits per heavy atom. The summed E-state index contributed by atoms with van der Waals surface area (Å²) < 4.78 is 5.35. The van der Waals surface area contributed by atoms with Crippen LogP contribution in [0.2, 0.25) is 5.02 Å². The van der Waals surface area contributed by atoms with Gasteiger partial charge in [0.2, 0.25) is 11.8 Å². The number of nitrogens with one attached hydrogen (secondary N) is 2. The van der Waals surface area contributed by atoms with Crippen LogP contribution >= 0.6 is 11.6 Å². The summed E-state index contributed by atoms with van der Waals surface area (Å²) in [4.78, 5) is 23.7. The summed E-state index contributed by atoms with van der Waals surface area (Å²) in [5, 5.41) is 6.01. The Kier molecular flexibility index (Phi) is 7.29. The highest BCUT2D eigenvalue weighted by Gasteiger charge is 2.07. The molecule has 0 unspecified atom stereocenters. The zero-order valence-corrected chi connectivity index (χ0v) is 14.8. The molecule has 2 aromatic carbocycles. The zero-order chi connectivity index (χ0) is 18.1. The van der Waals surface area contributed by atoms with Gasteiger partial charge in [-0.3, -0.25) is 9.59 Å². The second-order valence-corrected chi connectivity index (χ2v) is 5.87. The number of amides is 2. The van der Waals surface area contributed by atoms with E-state index in [0.29, 0.717) is 18.2 Å². The highest BCUT2D eigenvalue weighted by Crippen LogP contribution is 2.12. The number of hydrogen-bond acceptors (Lipinski definition) is 3. The molecule has 0 aliphatic rings. The summed E-state index contributed by atoms with van der Waals surface area (Å²) in [5.41, 5.74) is 1.81. The number of carbonyl (C=O) groups excluding carboxylic acids is 2. The van der Waals surface area contributed by atoms with Crippen molar-refractivity contribution in [2.75, 3.05) is 13.2 Å². The van der Waals surface area contributed by atoms with Gasteiger partial charge in [0.05, 0.1) is 19.6 Å². The maximum Gasteiger partial charge on any atom is 0.239 e. The Morgan fingerprint density at radius 1 is 0.920 bits per heavy atom. The van der Waals surface area contributed by atoms with E-state index in [1.165, 1.54) is 0 Å². The average molecular weight is 361 g/mol. The summed E-state index contributed by atoms with van der Waals surface area (Å²) >= 11 is 5.81. The first-order chi connectivity index (χ1) is 12.1. The maximum atomic E-state index is 11.9. The second-order valence-electron chi connectivity index (χ2n) is 5.43.